The van der Waals surface area contributed by atoms with Crippen molar-refractivity contribution in [3.05, 3.63) is 45.5 Å². The maximum atomic E-state index is 10.9. The molecule has 2 aromatic rings. The lowest BCUT2D eigenvalue weighted by atomic mass is 9.96. The smallest absolute Gasteiger partial charge is 0.191 e. The Kier molecular flexibility index (Phi) is 10.3. The van der Waals surface area contributed by atoms with Gasteiger partial charge in [0.25, 0.3) is 0 Å². The minimum Gasteiger partial charge on any atom is -0.466 e. The van der Waals surface area contributed by atoms with E-state index in [1.165, 1.54) is 17.7 Å². The highest BCUT2D eigenvalue weighted by Gasteiger charge is 2.28. The standard InChI is InChI=1S/C23H36N4O2S.HI/c1-5-24-22(26-16-23(4,28)21-13-17(2)29-18(21)3)25-14-19-8-10-27(11-9-19)15-20-7-6-12-30-20;/h6-7,12-13,19,28H,5,8-11,14-16H2,1-4H3,(H2,24,25,26);1H. The molecule has 1 unspecified atom stereocenters. The number of halogens is 1. The summed E-state index contributed by atoms with van der Waals surface area (Å²) < 4.78 is 5.58. The highest BCUT2D eigenvalue weighted by molar-refractivity contribution is 14.0. The van der Waals surface area contributed by atoms with Crippen LogP contribution < -0.4 is 10.6 Å². The van der Waals surface area contributed by atoms with Crippen LogP contribution in [0.4, 0.5) is 0 Å². The van der Waals surface area contributed by atoms with Crippen molar-refractivity contribution < 1.29 is 9.52 Å². The van der Waals surface area contributed by atoms with Crippen molar-refractivity contribution in [2.24, 2.45) is 10.9 Å². The number of hydrogen-bond donors (Lipinski definition) is 3. The molecule has 0 spiro atoms. The van der Waals surface area contributed by atoms with Gasteiger partial charge >= 0.3 is 0 Å². The number of aliphatic hydroxyl groups is 1. The number of guanidine groups is 1. The molecule has 1 atom stereocenters. The monoisotopic (exact) mass is 560 g/mol. The molecule has 2 aromatic heterocycles. The Hall–Kier alpha value is -1.10. The van der Waals surface area contributed by atoms with E-state index in [-0.39, 0.29) is 30.5 Å². The second-order valence-electron chi connectivity index (χ2n) is 8.48. The average molecular weight is 561 g/mol. The summed E-state index contributed by atoms with van der Waals surface area (Å²) >= 11 is 1.84. The molecular weight excluding hydrogens is 523 g/mol. The van der Waals surface area contributed by atoms with Crippen molar-refractivity contribution in [1.29, 1.82) is 0 Å². The Labute approximate surface area is 207 Å². The minimum absolute atomic E-state index is 0. The van der Waals surface area contributed by atoms with E-state index in [0.29, 0.717) is 5.92 Å². The lowest BCUT2D eigenvalue weighted by Crippen LogP contribution is -2.43. The zero-order chi connectivity index (χ0) is 21.6. The lowest BCUT2D eigenvalue weighted by molar-refractivity contribution is 0.0656. The molecule has 3 heterocycles. The van der Waals surface area contributed by atoms with Gasteiger partial charge in [-0.3, -0.25) is 4.90 Å². The van der Waals surface area contributed by atoms with Crippen LogP contribution in [-0.4, -0.2) is 48.7 Å². The number of nitrogens with one attached hydrogen (secondary N) is 2. The summed E-state index contributed by atoms with van der Waals surface area (Å²) in [5, 5.41) is 19.9. The SMILES string of the molecule is CCNC(=NCC(C)(O)c1cc(C)oc1C)NCC1CCN(Cc2cccs2)CC1.I. The van der Waals surface area contributed by atoms with Gasteiger partial charge < -0.3 is 20.2 Å². The average Bonchev–Trinajstić information content (AvgIpc) is 3.34. The molecule has 1 fully saturated rings. The summed E-state index contributed by atoms with van der Waals surface area (Å²) in [6.07, 6.45) is 2.39. The molecule has 3 rings (SSSR count). The zero-order valence-electron chi connectivity index (χ0n) is 19.1. The van der Waals surface area contributed by atoms with Crippen LogP contribution in [0, 0.1) is 19.8 Å². The first kappa shape index (κ1) is 26.2. The molecule has 0 amide bonds. The van der Waals surface area contributed by atoms with Crippen LogP contribution in [0.2, 0.25) is 0 Å². The first-order valence-corrected chi connectivity index (χ1v) is 11.8. The third-order valence-corrected chi connectivity index (χ3v) is 6.60. The molecule has 1 aliphatic rings. The van der Waals surface area contributed by atoms with Crippen LogP contribution in [0.1, 0.15) is 48.7 Å². The van der Waals surface area contributed by atoms with Crippen LogP contribution in [0.25, 0.3) is 0 Å². The van der Waals surface area contributed by atoms with Crippen molar-refractivity contribution in [3.8, 4) is 0 Å². The van der Waals surface area contributed by atoms with Gasteiger partial charge in [-0.1, -0.05) is 6.07 Å². The van der Waals surface area contributed by atoms with E-state index < -0.39 is 5.60 Å². The third kappa shape index (κ3) is 7.76. The second-order valence-corrected chi connectivity index (χ2v) is 9.51. The summed E-state index contributed by atoms with van der Waals surface area (Å²) in [7, 11) is 0. The Bertz CT molecular complexity index is 812. The Morgan fingerprint density at radius 2 is 2.06 bits per heavy atom. The Morgan fingerprint density at radius 1 is 1.32 bits per heavy atom. The van der Waals surface area contributed by atoms with Gasteiger partial charge in [0.05, 0.1) is 6.54 Å². The molecule has 1 aliphatic heterocycles. The van der Waals surface area contributed by atoms with Crippen molar-refractivity contribution >= 4 is 41.3 Å². The maximum Gasteiger partial charge on any atom is 0.191 e. The molecule has 0 radical (unpaired) electrons. The minimum atomic E-state index is -1.06. The van der Waals surface area contributed by atoms with E-state index in [0.717, 1.165) is 55.8 Å². The molecule has 31 heavy (non-hydrogen) atoms. The number of nitrogens with zero attached hydrogens (tertiary/aromatic N) is 2. The summed E-state index contributed by atoms with van der Waals surface area (Å²) in [5.74, 6) is 2.96. The van der Waals surface area contributed by atoms with Gasteiger partial charge in [-0.25, -0.2) is 4.99 Å². The number of rotatable bonds is 8. The number of thiophene rings is 1. The highest BCUT2D eigenvalue weighted by Crippen LogP contribution is 2.27. The highest BCUT2D eigenvalue weighted by atomic mass is 127. The van der Waals surface area contributed by atoms with Gasteiger partial charge in [0, 0.05) is 30.1 Å². The molecule has 8 heteroatoms. The van der Waals surface area contributed by atoms with Crippen molar-refractivity contribution in [2.45, 2.75) is 52.7 Å². The molecular formula is C23H37IN4O2S. The normalized spacial score (nSPS) is 17.8. The van der Waals surface area contributed by atoms with Gasteiger partial charge in [0.1, 0.15) is 17.1 Å². The Balaban J connectivity index is 0.00000341. The zero-order valence-corrected chi connectivity index (χ0v) is 22.3. The number of likely N-dealkylation sites (tertiary alicyclic amines) is 1. The van der Waals surface area contributed by atoms with Crippen molar-refractivity contribution in [3.63, 3.8) is 0 Å². The molecule has 3 N–H and O–H groups in total. The van der Waals surface area contributed by atoms with E-state index >= 15 is 0 Å². The molecule has 6 nitrogen and oxygen atoms in total. The van der Waals surface area contributed by atoms with Crippen LogP contribution in [-0.2, 0) is 12.1 Å². The van der Waals surface area contributed by atoms with Gasteiger partial charge in [-0.05, 0) is 77.1 Å². The lowest BCUT2D eigenvalue weighted by Gasteiger charge is -2.32. The second kappa shape index (κ2) is 12.2. The Morgan fingerprint density at radius 3 is 2.65 bits per heavy atom. The van der Waals surface area contributed by atoms with E-state index in [2.05, 4.69) is 45.0 Å². The molecule has 0 aliphatic carbocycles. The fraction of sp³-hybridized carbons (Fsp3) is 0.609. The van der Waals surface area contributed by atoms with Crippen molar-refractivity contribution in [1.82, 2.24) is 15.5 Å². The van der Waals surface area contributed by atoms with E-state index in [1.807, 2.05) is 31.3 Å². The predicted octanol–water partition coefficient (Wildman–Crippen LogP) is 4.25. The van der Waals surface area contributed by atoms with Gasteiger partial charge in [0.2, 0.25) is 0 Å². The summed E-state index contributed by atoms with van der Waals surface area (Å²) in [6.45, 7) is 13.0. The first-order valence-electron chi connectivity index (χ1n) is 10.9. The van der Waals surface area contributed by atoms with Crippen molar-refractivity contribution in [2.75, 3.05) is 32.7 Å². The maximum absolute atomic E-state index is 10.9. The number of furan rings is 1. The van der Waals surface area contributed by atoms with Gasteiger partial charge in [-0.2, -0.15) is 0 Å². The van der Waals surface area contributed by atoms with Crippen LogP contribution in [0.15, 0.2) is 33.0 Å². The third-order valence-electron chi connectivity index (χ3n) is 5.74. The van der Waals surface area contributed by atoms with E-state index in [4.69, 9.17) is 4.42 Å². The van der Waals surface area contributed by atoms with Gasteiger partial charge in [0.15, 0.2) is 5.96 Å². The predicted molar refractivity (Wildman–Crippen MR) is 139 cm³/mol. The molecule has 174 valence electrons. The molecule has 0 aromatic carbocycles. The summed E-state index contributed by atoms with van der Waals surface area (Å²) in [6, 6.07) is 6.25. The van der Waals surface area contributed by atoms with Crippen LogP contribution in [0.5, 0.6) is 0 Å². The topological polar surface area (TPSA) is 73.0 Å². The molecule has 1 saturated heterocycles. The van der Waals surface area contributed by atoms with Crippen LogP contribution in [0.3, 0.4) is 0 Å². The number of hydrogen-bond acceptors (Lipinski definition) is 5. The van der Waals surface area contributed by atoms with Crippen LogP contribution >= 0.6 is 35.3 Å². The largest absolute Gasteiger partial charge is 0.466 e. The first-order chi connectivity index (χ1) is 14.4. The summed E-state index contributed by atoms with van der Waals surface area (Å²) in [4.78, 5) is 8.65. The fourth-order valence-electron chi connectivity index (χ4n) is 4.04. The van der Waals surface area contributed by atoms with E-state index in [9.17, 15) is 5.11 Å². The molecule has 0 bridgehead atoms. The number of aryl methyl sites for hydroxylation is 2. The quantitative estimate of drug-likeness (QED) is 0.256. The summed E-state index contributed by atoms with van der Waals surface area (Å²) in [5.41, 5.74) is -0.255. The number of aliphatic imine (C=N–C) groups is 1. The number of piperidine rings is 1. The van der Waals surface area contributed by atoms with Gasteiger partial charge in [-0.15, -0.1) is 35.3 Å². The fourth-order valence-corrected chi connectivity index (χ4v) is 4.78. The van der Waals surface area contributed by atoms with E-state index in [1.54, 1.807) is 6.92 Å². The molecule has 0 saturated carbocycles.